The van der Waals surface area contributed by atoms with E-state index in [0.29, 0.717) is 18.1 Å². The molecular formula is C12H22N2O. The standard InChI is InChI=1S/C12H22N2O/c1-10(2)7-14-6-5-12(15)11(9-14)8-13(3)4/h8,10H,5-7,9H2,1-4H3. The van der Waals surface area contributed by atoms with E-state index < -0.39 is 0 Å². The molecule has 0 aromatic carbocycles. The van der Waals surface area contributed by atoms with E-state index in [9.17, 15) is 4.79 Å². The number of hydrogen-bond donors (Lipinski definition) is 0. The molecule has 0 radical (unpaired) electrons. The molecule has 1 heterocycles. The lowest BCUT2D eigenvalue weighted by molar-refractivity contribution is -0.117. The zero-order chi connectivity index (χ0) is 11.4. The van der Waals surface area contributed by atoms with Crippen molar-refractivity contribution in [2.45, 2.75) is 20.3 Å². The first-order chi connectivity index (χ1) is 6.99. The van der Waals surface area contributed by atoms with Gasteiger partial charge in [-0.3, -0.25) is 9.69 Å². The quantitative estimate of drug-likeness (QED) is 0.657. The predicted molar refractivity (Wildman–Crippen MR) is 62.7 cm³/mol. The lowest BCUT2D eigenvalue weighted by Crippen LogP contribution is -2.38. The Morgan fingerprint density at radius 3 is 2.67 bits per heavy atom. The van der Waals surface area contributed by atoms with Crippen LogP contribution in [0.4, 0.5) is 0 Å². The molecule has 0 aromatic heterocycles. The molecule has 0 N–H and O–H groups in total. The van der Waals surface area contributed by atoms with Crippen molar-refractivity contribution in [3.8, 4) is 0 Å². The van der Waals surface area contributed by atoms with Crippen LogP contribution in [0.3, 0.4) is 0 Å². The maximum Gasteiger partial charge on any atom is 0.162 e. The van der Waals surface area contributed by atoms with Crippen LogP contribution in [0.25, 0.3) is 0 Å². The minimum Gasteiger partial charge on any atom is -0.383 e. The molecule has 3 heteroatoms. The van der Waals surface area contributed by atoms with Crippen LogP contribution in [-0.4, -0.2) is 49.3 Å². The SMILES string of the molecule is CC(C)CN1CCC(=O)C(=CN(C)C)C1. The van der Waals surface area contributed by atoms with Crippen LogP contribution >= 0.6 is 0 Å². The Kier molecular flexibility index (Phi) is 4.33. The van der Waals surface area contributed by atoms with Crippen LogP contribution in [0.5, 0.6) is 0 Å². The molecule has 3 nitrogen and oxygen atoms in total. The summed E-state index contributed by atoms with van der Waals surface area (Å²) in [6, 6.07) is 0. The summed E-state index contributed by atoms with van der Waals surface area (Å²) >= 11 is 0. The highest BCUT2D eigenvalue weighted by atomic mass is 16.1. The molecule has 0 atom stereocenters. The third kappa shape index (κ3) is 4.04. The van der Waals surface area contributed by atoms with Gasteiger partial charge in [-0.1, -0.05) is 13.8 Å². The summed E-state index contributed by atoms with van der Waals surface area (Å²) in [6.07, 6.45) is 2.63. The first-order valence-electron chi connectivity index (χ1n) is 5.61. The first kappa shape index (κ1) is 12.2. The molecule has 1 aliphatic heterocycles. The van der Waals surface area contributed by atoms with Gasteiger partial charge >= 0.3 is 0 Å². The summed E-state index contributed by atoms with van der Waals surface area (Å²) in [5.74, 6) is 0.975. The lowest BCUT2D eigenvalue weighted by Gasteiger charge is -2.29. The van der Waals surface area contributed by atoms with E-state index >= 15 is 0 Å². The van der Waals surface area contributed by atoms with Gasteiger partial charge in [-0.2, -0.15) is 0 Å². The number of hydrogen-bond acceptors (Lipinski definition) is 3. The van der Waals surface area contributed by atoms with E-state index in [0.717, 1.165) is 25.2 Å². The van der Waals surface area contributed by atoms with Crippen LogP contribution in [0, 0.1) is 5.92 Å². The average molecular weight is 210 g/mol. The van der Waals surface area contributed by atoms with Gasteiger partial charge in [0.05, 0.1) is 0 Å². The van der Waals surface area contributed by atoms with Gasteiger partial charge in [0, 0.05) is 51.9 Å². The van der Waals surface area contributed by atoms with Crippen molar-refractivity contribution in [1.29, 1.82) is 0 Å². The second-order valence-electron chi connectivity index (χ2n) is 4.92. The highest BCUT2D eigenvalue weighted by Gasteiger charge is 2.21. The topological polar surface area (TPSA) is 23.6 Å². The summed E-state index contributed by atoms with van der Waals surface area (Å²) in [6.45, 7) is 7.24. The Morgan fingerprint density at radius 1 is 1.47 bits per heavy atom. The second-order valence-corrected chi connectivity index (χ2v) is 4.92. The molecular weight excluding hydrogens is 188 g/mol. The molecule has 15 heavy (non-hydrogen) atoms. The van der Waals surface area contributed by atoms with Gasteiger partial charge in [-0.25, -0.2) is 0 Å². The lowest BCUT2D eigenvalue weighted by atomic mass is 10.0. The van der Waals surface area contributed by atoms with Gasteiger partial charge in [0.2, 0.25) is 0 Å². The molecule has 0 aromatic rings. The van der Waals surface area contributed by atoms with Gasteiger partial charge in [0.25, 0.3) is 0 Å². The Bertz CT molecular complexity index is 256. The molecule has 0 bridgehead atoms. The number of carbonyl (C=O) groups excluding carboxylic acids is 1. The highest BCUT2D eigenvalue weighted by molar-refractivity contribution is 5.96. The molecule has 86 valence electrons. The van der Waals surface area contributed by atoms with E-state index in [1.807, 2.05) is 25.2 Å². The molecule has 0 unspecified atom stereocenters. The van der Waals surface area contributed by atoms with Crippen LogP contribution in [0.15, 0.2) is 11.8 Å². The fraction of sp³-hybridized carbons (Fsp3) is 0.750. The second kappa shape index (κ2) is 5.31. The average Bonchev–Trinajstić information content (AvgIpc) is 2.09. The van der Waals surface area contributed by atoms with Crippen LogP contribution in [0.1, 0.15) is 20.3 Å². The Morgan fingerprint density at radius 2 is 2.13 bits per heavy atom. The Labute approximate surface area is 92.7 Å². The van der Waals surface area contributed by atoms with Crippen molar-refractivity contribution in [2.24, 2.45) is 5.92 Å². The largest absolute Gasteiger partial charge is 0.383 e. The first-order valence-corrected chi connectivity index (χ1v) is 5.61. The molecule has 0 amide bonds. The van der Waals surface area contributed by atoms with Crippen molar-refractivity contribution in [1.82, 2.24) is 9.80 Å². The molecule has 1 saturated heterocycles. The molecule has 0 aliphatic carbocycles. The minimum absolute atomic E-state index is 0.309. The van der Waals surface area contributed by atoms with Crippen molar-refractivity contribution in [2.75, 3.05) is 33.7 Å². The molecule has 1 fully saturated rings. The fourth-order valence-corrected chi connectivity index (χ4v) is 1.93. The Balaban J connectivity index is 2.60. The van der Waals surface area contributed by atoms with E-state index in [1.165, 1.54) is 0 Å². The smallest absolute Gasteiger partial charge is 0.162 e. The minimum atomic E-state index is 0.309. The molecule has 0 spiro atoms. The third-order valence-corrected chi connectivity index (χ3v) is 2.44. The molecule has 1 rings (SSSR count). The monoisotopic (exact) mass is 210 g/mol. The number of rotatable bonds is 3. The van der Waals surface area contributed by atoms with Gasteiger partial charge < -0.3 is 4.90 Å². The van der Waals surface area contributed by atoms with Gasteiger partial charge in [0.1, 0.15) is 0 Å². The summed E-state index contributed by atoms with van der Waals surface area (Å²) < 4.78 is 0. The van der Waals surface area contributed by atoms with Crippen molar-refractivity contribution < 1.29 is 4.79 Å². The number of likely N-dealkylation sites (tertiary alicyclic amines) is 1. The van der Waals surface area contributed by atoms with Crippen molar-refractivity contribution in [3.05, 3.63) is 11.8 Å². The zero-order valence-corrected chi connectivity index (χ0v) is 10.3. The summed E-state index contributed by atoms with van der Waals surface area (Å²) in [4.78, 5) is 16.0. The number of piperidine rings is 1. The summed E-state index contributed by atoms with van der Waals surface area (Å²) in [5.41, 5.74) is 0.951. The maximum absolute atomic E-state index is 11.6. The number of nitrogens with zero attached hydrogens (tertiary/aromatic N) is 2. The maximum atomic E-state index is 11.6. The van der Waals surface area contributed by atoms with E-state index in [-0.39, 0.29) is 0 Å². The van der Waals surface area contributed by atoms with Crippen LogP contribution < -0.4 is 0 Å². The predicted octanol–water partition coefficient (Wildman–Crippen LogP) is 1.36. The number of carbonyl (C=O) groups is 1. The van der Waals surface area contributed by atoms with Gasteiger partial charge in [-0.05, 0) is 5.92 Å². The fourth-order valence-electron chi connectivity index (χ4n) is 1.93. The van der Waals surface area contributed by atoms with E-state index in [2.05, 4.69) is 18.7 Å². The molecule has 1 aliphatic rings. The van der Waals surface area contributed by atoms with E-state index in [1.54, 1.807) is 0 Å². The van der Waals surface area contributed by atoms with Crippen LogP contribution in [0.2, 0.25) is 0 Å². The summed E-state index contributed by atoms with van der Waals surface area (Å²) in [7, 11) is 3.92. The third-order valence-electron chi connectivity index (χ3n) is 2.44. The summed E-state index contributed by atoms with van der Waals surface area (Å²) in [5, 5.41) is 0. The Hall–Kier alpha value is -0.830. The zero-order valence-electron chi connectivity index (χ0n) is 10.3. The normalized spacial score (nSPS) is 21.4. The molecule has 0 saturated carbocycles. The van der Waals surface area contributed by atoms with Crippen molar-refractivity contribution >= 4 is 5.78 Å². The number of Topliss-reactive ketones (excluding diaryl/α,β-unsaturated/α-hetero) is 1. The van der Waals surface area contributed by atoms with E-state index in [4.69, 9.17) is 0 Å². The highest BCUT2D eigenvalue weighted by Crippen LogP contribution is 2.13. The number of ketones is 1. The van der Waals surface area contributed by atoms with Crippen molar-refractivity contribution in [3.63, 3.8) is 0 Å². The van der Waals surface area contributed by atoms with Gasteiger partial charge in [0.15, 0.2) is 5.78 Å². The van der Waals surface area contributed by atoms with Crippen LogP contribution in [-0.2, 0) is 4.79 Å². The van der Waals surface area contributed by atoms with Gasteiger partial charge in [-0.15, -0.1) is 0 Å².